The van der Waals surface area contributed by atoms with Gasteiger partial charge in [-0.2, -0.15) is 0 Å². The van der Waals surface area contributed by atoms with E-state index in [1.54, 1.807) is 12.1 Å². The first-order valence-corrected chi connectivity index (χ1v) is 4.07. The Kier molecular flexibility index (Phi) is 2.50. The fourth-order valence-corrected chi connectivity index (χ4v) is 0.952. The van der Waals surface area contributed by atoms with Gasteiger partial charge in [0.25, 0.3) is 0 Å². The summed E-state index contributed by atoms with van der Waals surface area (Å²) in [5.41, 5.74) is 0. The van der Waals surface area contributed by atoms with Crippen LogP contribution in [0, 0.1) is 0 Å². The van der Waals surface area contributed by atoms with Gasteiger partial charge in [0, 0.05) is 0 Å². The summed E-state index contributed by atoms with van der Waals surface area (Å²) in [6.07, 6.45) is 1.39. The Morgan fingerprint density at radius 1 is 1.60 bits per heavy atom. The number of pyridine rings is 1. The molecule has 0 saturated heterocycles. The second-order valence-electron chi connectivity index (χ2n) is 1.61. The van der Waals surface area contributed by atoms with Gasteiger partial charge in [0.15, 0.2) is 4.90 Å². The molecule has 0 spiro atoms. The van der Waals surface area contributed by atoms with Crippen molar-refractivity contribution in [1.82, 2.24) is 4.98 Å². The molecule has 0 aliphatic heterocycles. The molecule has 1 atom stereocenters. The van der Waals surface area contributed by atoms with Crippen LogP contribution in [0.1, 0.15) is 0 Å². The van der Waals surface area contributed by atoms with Crippen LogP contribution in [0.15, 0.2) is 23.2 Å². The van der Waals surface area contributed by atoms with Gasteiger partial charge in [0.1, 0.15) is 5.15 Å². The molecule has 0 aliphatic carbocycles. The third-order valence-electron chi connectivity index (χ3n) is 0.933. The zero-order valence-electron chi connectivity index (χ0n) is 4.95. The molecule has 1 aromatic heterocycles. The van der Waals surface area contributed by atoms with E-state index in [0.29, 0.717) is 10.0 Å². The molecule has 1 heterocycles. The van der Waals surface area contributed by atoms with Crippen LogP contribution >= 0.6 is 11.6 Å². The predicted molar refractivity (Wildman–Crippen MR) is 39.8 cm³/mol. The minimum Gasteiger partial charge on any atom is -0.593 e. The van der Waals surface area contributed by atoms with Crippen molar-refractivity contribution in [3.8, 4) is 0 Å². The van der Waals surface area contributed by atoms with E-state index in [0.717, 1.165) is 0 Å². The van der Waals surface area contributed by atoms with Crippen LogP contribution in [-0.2, 0) is 11.4 Å². The second kappa shape index (κ2) is 3.21. The normalized spacial score (nSPS) is 13.1. The van der Waals surface area contributed by atoms with Gasteiger partial charge in [-0.25, -0.2) is 4.98 Å². The van der Waals surface area contributed by atoms with E-state index in [1.165, 1.54) is 6.20 Å². The fraction of sp³-hybridized carbons (Fsp3) is 0. The van der Waals surface area contributed by atoms with Gasteiger partial charge < -0.3 is 4.55 Å². The van der Waals surface area contributed by atoms with Crippen molar-refractivity contribution in [2.75, 3.05) is 0 Å². The first-order valence-electron chi connectivity index (χ1n) is 2.48. The van der Waals surface area contributed by atoms with E-state index in [2.05, 4.69) is 4.98 Å². The number of rotatable bonds is 1. The molecule has 0 aliphatic rings. The van der Waals surface area contributed by atoms with Gasteiger partial charge in [-0.05, 0) is 12.1 Å². The van der Waals surface area contributed by atoms with Crippen molar-refractivity contribution < 1.29 is 4.55 Å². The van der Waals surface area contributed by atoms with Gasteiger partial charge in [-0.3, -0.25) is 0 Å². The maximum absolute atomic E-state index is 10.6. The standard InChI is InChI=1S/C5H5ClN2OS/c6-5-2-1-4(3-8-5)10(7)9/h1-3H,7H2. The Balaban J connectivity index is 2.89. The first-order chi connectivity index (χ1) is 4.70. The highest BCUT2D eigenvalue weighted by atomic mass is 35.5. The molecule has 0 radical (unpaired) electrons. The van der Waals surface area contributed by atoms with Gasteiger partial charge in [-0.15, -0.1) is 5.14 Å². The lowest BCUT2D eigenvalue weighted by atomic mass is 10.5. The number of hydrogen-bond acceptors (Lipinski definition) is 3. The van der Waals surface area contributed by atoms with E-state index in [4.69, 9.17) is 16.7 Å². The molecule has 5 heteroatoms. The molecule has 0 bridgehead atoms. The Bertz CT molecular complexity index is 213. The average molecular weight is 177 g/mol. The molecule has 0 fully saturated rings. The Hall–Kier alpha value is -0.290. The lowest BCUT2D eigenvalue weighted by molar-refractivity contribution is 0.596. The molecule has 2 N–H and O–H groups in total. The van der Waals surface area contributed by atoms with Gasteiger partial charge in [0.05, 0.1) is 17.6 Å². The predicted octanol–water partition coefficient (Wildman–Crippen LogP) is 0.716. The van der Waals surface area contributed by atoms with Crippen molar-refractivity contribution in [1.29, 1.82) is 0 Å². The summed E-state index contributed by atoms with van der Waals surface area (Å²) in [6, 6.07) is 3.12. The zero-order chi connectivity index (χ0) is 7.56. The number of hydrogen-bond donors (Lipinski definition) is 1. The molecular weight excluding hydrogens is 172 g/mol. The van der Waals surface area contributed by atoms with Crippen molar-refractivity contribution in [3.63, 3.8) is 0 Å². The number of nitrogens with zero attached hydrogens (tertiary/aromatic N) is 1. The van der Waals surface area contributed by atoms with E-state index in [-0.39, 0.29) is 0 Å². The Morgan fingerprint density at radius 3 is 2.70 bits per heavy atom. The van der Waals surface area contributed by atoms with E-state index >= 15 is 0 Å². The van der Waals surface area contributed by atoms with E-state index in [1.807, 2.05) is 0 Å². The van der Waals surface area contributed by atoms with Crippen molar-refractivity contribution in [2.45, 2.75) is 4.90 Å². The topological polar surface area (TPSA) is 62.0 Å². The summed E-state index contributed by atoms with van der Waals surface area (Å²) in [5.74, 6) is 0. The molecule has 10 heavy (non-hydrogen) atoms. The molecule has 0 amide bonds. The summed E-state index contributed by atoms with van der Waals surface area (Å²) in [4.78, 5) is 4.17. The maximum Gasteiger partial charge on any atom is 0.191 e. The summed E-state index contributed by atoms with van der Waals surface area (Å²) in [6.45, 7) is 0. The largest absolute Gasteiger partial charge is 0.593 e. The van der Waals surface area contributed by atoms with E-state index < -0.39 is 11.4 Å². The first kappa shape index (κ1) is 7.81. The van der Waals surface area contributed by atoms with Gasteiger partial charge in [-0.1, -0.05) is 11.6 Å². The molecule has 0 saturated carbocycles. The molecule has 3 nitrogen and oxygen atoms in total. The summed E-state index contributed by atoms with van der Waals surface area (Å²) in [5, 5.41) is 5.42. The molecule has 0 aromatic carbocycles. The maximum atomic E-state index is 10.6. The van der Waals surface area contributed by atoms with Gasteiger partial charge >= 0.3 is 0 Å². The summed E-state index contributed by atoms with van der Waals surface area (Å²) in [7, 11) is 0. The van der Waals surface area contributed by atoms with Crippen LogP contribution < -0.4 is 5.14 Å². The third-order valence-corrected chi connectivity index (χ3v) is 1.86. The third kappa shape index (κ3) is 1.85. The highest BCUT2D eigenvalue weighted by Crippen LogP contribution is 2.08. The van der Waals surface area contributed by atoms with E-state index in [9.17, 15) is 4.55 Å². The summed E-state index contributed by atoms with van der Waals surface area (Å²) < 4.78 is 10.6. The highest BCUT2D eigenvalue weighted by Gasteiger charge is 2.03. The average Bonchev–Trinajstić information content (AvgIpc) is 1.88. The molecule has 1 unspecified atom stereocenters. The molecule has 54 valence electrons. The van der Waals surface area contributed by atoms with Crippen LogP contribution in [-0.4, -0.2) is 9.54 Å². The highest BCUT2D eigenvalue weighted by molar-refractivity contribution is 7.89. The van der Waals surface area contributed by atoms with Crippen LogP contribution in [0.2, 0.25) is 5.15 Å². The number of nitrogens with two attached hydrogens (primary N) is 1. The number of halogens is 1. The quantitative estimate of drug-likeness (QED) is 0.507. The minimum absolute atomic E-state index is 0.370. The van der Waals surface area contributed by atoms with Crippen molar-refractivity contribution >= 4 is 23.0 Å². The fourth-order valence-electron chi connectivity index (χ4n) is 0.481. The second-order valence-corrected chi connectivity index (χ2v) is 3.07. The Labute approximate surface area is 66.5 Å². The molecule has 1 rings (SSSR count). The minimum atomic E-state index is -1.46. The molecular formula is C5H5ClN2OS. The summed E-state index contributed by atoms with van der Waals surface area (Å²) >= 11 is 4.01. The lowest BCUT2D eigenvalue weighted by Crippen LogP contribution is -2.12. The van der Waals surface area contributed by atoms with Crippen molar-refractivity contribution in [3.05, 3.63) is 23.5 Å². The number of aromatic nitrogens is 1. The molecule has 1 aromatic rings. The smallest absolute Gasteiger partial charge is 0.191 e. The SMILES string of the molecule is N[S+]([O-])c1ccc(Cl)nc1. The van der Waals surface area contributed by atoms with Crippen molar-refractivity contribution in [2.24, 2.45) is 5.14 Å². The Morgan fingerprint density at radius 2 is 2.30 bits per heavy atom. The van der Waals surface area contributed by atoms with Crippen LogP contribution in [0.3, 0.4) is 0 Å². The van der Waals surface area contributed by atoms with Gasteiger partial charge in [0.2, 0.25) is 0 Å². The zero-order valence-corrected chi connectivity index (χ0v) is 6.52. The van der Waals surface area contributed by atoms with Crippen LogP contribution in [0.5, 0.6) is 0 Å². The van der Waals surface area contributed by atoms with Crippen LogP contribution in [0.4, 0.5) is 0 Å². The van der Waals surface area contributed by atoms with Crippen LogP contribution in [0.25, 0.3) is 0 Å². The monoisotopic (exact) mass is 176 g/mol. The lowest BCUT2D eigenvalue weighted by Gasteiger charge is -1.99.